The van der Waals surface area contributed by atoms with E-state index in [2.05, 4.69) is 15.6 Å². The van der Waals surface area contributed by atoms with E-state index in [4.69, 9.17) is 9.47 Å². The Morgan fingerprint density at radius 2 is 2.00 bits per heavy atom. The zero-order chi connectivity index (χ0) is 22.7. The van der Waals surface area contributed by atoms with Gasteiger partial charge in [0.2, 0.25) is 0 Å². The lowest BCUT2D eigenvalue weighted by Crippen LogP contribution is -2.40. The van der Waals surface area contributed by atoms with Gasteiger partial charge in [-0.3, -0.25) is 4.90 Å². The van der Waals surface area contributed by atoms with Crippen LogP contribution in [0.3, 0.4) is 0 Å². The highest BCUT2D eigenvalue weighted by atomic mass is 127. The standard InChI is InChI=1S/C22H35F3N4O2.HI/c1-4-26-21(27-13-18-8-9-29(15-18)16-22(23,24)25)28-14-19-7-6-17(3)12-20(19)31-11-10-30-5-2;/h6-7,12,18H,4-5,8-11,13-16H2,1-3H3,(H2,26,27,28);1H. The maximum absolute atomic E-state index is 12.6. The summed E-state index contributed by atoms with van der Waals surface area (Å²) in [5.74, 6) is 1.61. The molecule has 0 aromatic heterocycles. The molecule has 1 atom stereocenters. The molecule has 1 aromatic rings. The maximum atomic E-state index is 12.6. The minimum Gasteiger partial charge on any atom is -0.491 e. The van der Waals surface area contributed by atoms with E-state index >= 15 is 0 Å². The summed E-state index contributed by atoms with van der Waals surface area (Å²) in [6.07, 6.45) is -3.40. The van der Waals surface area contributed by atoms with Gasteiger partial charge in [0.15, 0.2) is 5.96 Å². The number of nitrogens with one attached hydrogen (secondary N) is 2. The highest BCUT2D eigenvalue weighted by Crippen LogP contribution is 2.23. The van der Waals surface area contributed by atoms with Crippen molar-refractivity contribution in [1.29, 1.82) is 0 Å². The number of hydrogen-bond donors (Lipinski definition) is 2. The summed E-state index contributed by atoms with van der Waals surface area (Å²) in [6, 6.07) is 6.02. The van der Waals surface area contributed by atoms with Gasteiger partial charge >= 0.3 is 6.18 Å². The van der Waals surface area contributed by atoms with Crippen LogP contribution in [0.5, 0.6) is 5.75 Å². The van der Waals surface area contributed by atoms with E-state index in [1.54, 1.807) is 0 Å². The lowest BCUT2D eigenvalue weighted by Gasteiger charge is -2.19. The molecule has 0 spiro atoms. The lowest BCUT2D eigenvalue weighted by molar-refractivity contribution is -0.143. The molecular formula is C22H36F3IN4O2. The SMILES string of the molecule is CCNC(=NCc1ccc(C)cc1OCCOCC)NCC1CCN(CC(F)(F)F)C1.I. The van der Waals surface area contributed by atoms with E-state index in [1.165, 1.54) is 4.90 Å². The number of guanidine groups is 1. The van der Waals surface area contributed by atoms with Gasteiger partial charge in [-0.1, -0.05) is 12.1 Å². The molecular weight excluding hydrogens is 536 g/mol. The van der Waals surface area contributed by atoms with Gasteiger partial charge in [-0.25, -0.2) is 4.99 Å². The third-order valence-corrected chi connectivity index (χ3v) is 4.99. The van der Waals surface area contributed by atoms with Crippen LogP contribution in [0, 0.1) is 12.8 Å². The van der Waals surface area contributed by atoms with E-state index in [1.807, 2.05) is 39.0 Å². The number of halogens is 4. The van der Waals surface area contributed by atoms with Crippen molar-refractivity contribution in [2.24, 2.45) is 10.9 Å². The molecule has 1 saturated heterocycles. The first-order chi connectivity index (χ1) is 14.8. The van der Waals surface area contributed by atoms with Gasteiger partial charge in [-0.05, 0) is 51.3 Å². The molecule has 0 radical (unpaired) electrons. The summed E-state index contributed by atoms with van der Waals surface area (Å²) in [4.78, 5) is 6.11. The summed E-state index contributed by atoms with van der Waals surface area (Å²) in [6.45, 7) is 9.40. The Bertz CT molecular complexity index is 704. The van der Waals surface area contributed by atoms with Crippen molar-refractivity contribution in [2.45, 2.75) is 39.9 Å². The molecule has 2 N–H and O–H groups in total. The zero-order valence-corrected chi connectivity index (χ0v) is 21.5. The third-order valence-electron chi connectivity index (χ3n) is 4.99. The minimum atomic E-state index is -4.14. The predicted octanol–water partition coefficient (Wildman–Crippen LogP) is 3.97. The fourth-order valence-electron chi connectivity index (χ4n) is 3.51. The molecule has 10 heteroatoms. The van der Waals surface area contributed by atoms with Crippen molar-refractivity contribution in [3.05, 3.63) is 29.3 Å². The molecule has 1 aromatic carbocycles. The van der Waals surface area contributed by atoms with Crippen LogP contribution in [0.25, 0.3) is 0 Å². The molecule has 6 nitrogen and oxygen atoms in total. The number of aliphatic imine (C=N–C) groups is 1. The van der Waals surface area contributed by atoms with Gasteiger partial charge in [0.05, 0.1) is 19.7 Å². The largest absolute Gasteiger partial charge is 0.491 e. The average Bonchev–Trinajstić information content (AvgIpc) is 3.14. The number of ether oxygens (including phenoxy) is 2. The van der Waals surface area contributed by atoms with Crippen LogP contribution >= 0.6 is 24.0 Å². The van der Waals surface area contributed by atoms with Crippen molar-refractivity contribution >= 4 is 29.9 Å². The smallest absolute Gasteiger partial charge is 0.401 e. The quantitative estimate of drug-likeness (QED) is 0.182. The molecule has 32 heavy (non-hydrogen) atoms. The molecule has 0 amide bonds. The number of aryl methyl sites for hydroxylation is 1. The lowest BCUT2D eigenvalue weighted by atomic mass is 10.1. The maximum Gasteiger partial charge on any atom is 0.401 e. The minimum absolute atomic E-state index is 0. The fraction of sp³-hybridized carbons (Fsp3) is 0.682. The summed E-state index contributed by atoms with van der Waals surface area (Å²) in [5, 5.41) is 6.48. The molecule has 1 unspecified atom stereocenters. The molecule has 184 valence electrons. The van der Waals surface area contributed by atoms with E-state index < -0.39 is 12.7 Å². The number of benzene rings is 1. The molecule has 0 aliphatic carbocycles. The molecule has 1 aliphatic heterocycles. The van der Waals surface area contributed by atoms with Gasteiger partial charge in [0.25, 0.3) is 0 Å². The first kappa shape index (κ1) is 28.8. The molecule has 0 bridgehead atoms. The second kappa shape index (κ2) is 14.8. The first-order valence-electron chi connectivity index (χ1n) is 10.9. The van der Waals surface area contributed by atoms with E-state index in [0.29, 0.717) is 58.5 Å². The first-order valence-corrected chi connectivity index (χ1v) is 10.9. The van der Waals surface area contributed by atoms with Crippen molar-refractivity contribution in [3.8, 4) is 5.75 Å². The zero-order valence-electron chi connectivity index (χ0n) is 19.1. The Hall–Kier alpha value is -1.27. The Kier molecular flexibility index (Phi) is 13.3. The van der Waals surface area contributed by atoms with Gasteiger partial charge < -0.3 is 20.1 Å². The van der Waals surface area contributed by atoms with Crippen molar-refractivity contribution in [1.82, 2.24) is 15.5 Å². The van der Waals surface area contributed by atoms with E-state index in [-0.39, 0.29) is 29.9 Å². The van der Waals surface area contributed by atoms with Crippen LogP contribution in [-0.4, -0.2) is 69.6 Å². The molecule has 1 fully saturated rings. The highest BCUT2D eigenvalue weighted by Gasteiger charge is 2.34. The van der Waals surface area contributed by atoms with Crippen LogP contribution in [0.4, 0.5) is 13.2 Å². The van der Waals surface area contributed by atoms with Crippen molar-refractivity contribution in [2.75, 3.05) is 52.5 Å². The summed E-state index contributed by atoms with van der Waals surface area (Å²) in [5.41, 5.74) is 2.07. The second-order valence-corrected chi connectivity index (χ2v) is 7.74. The van der Waals surface area contributed by atoms with Gasteiger partial charge in [-0.2, -0.15) is 13.2 Å². The summed E-state index contributed by atoms with van der Waals surface area (Å²) in [7, 11) is 0. The second-order valence-electron chi connectivity index (χ2n) is 7.74. The van der Waals surface area contributed by atoms with Crippen LogP contribution in [-0.2, 0) is 11.3 Å². The van der Waals surface area contributed by atoms with Gasteiger partial charge in [-0.15, -0.1) is 24.0 Å². The Morgan fingerprint density at radius 1 is 1.22 bits per heavy atom. The number of alkyl halides is 3. The van der Waals surface area contributed by atoms with Crippen molar-refractivity contribution in [3.63, 3.8) is 0 Å². The van der Waals surface area contributed by atoms with E-state index in [9.17, 15) is 13.2 Å². The highest BCUT2D eigenvalue weighted by molar-refractivity contribution is 14.0. The van der Waals surface area contributed by atoms with Gasteiger partial charge in [0, 0.05) is 31.8 Å². The molecule has 1 heterocycles. The average molecular weight is 572 g/mol. The Balaban J connectivity index is 0.00000512. The number of nitrogens with zero attached hydrogens (tertiary/aromatic N) is 2. The molecule has 1 aliphatic rings. The normalized spacial score (nSPS) is 17.2. The topological polar surface area (TPSA) is 58.1 Å². The number of hydrogen-bond acceptors (Lipinski definition) is 4. The van der Waals surface area contributed by atoms with Crippen LogP contribution in [0.15, 0.2) is 23.2 Å². The van der Waals surface area contributed by atoms with Crippen LogP contribution in [0.2, 0.25) is 0 Å². The van der Waals surface area contributed by atoms with Gasteiger partial charge in [0.1, 0.15) is 12.4 Å². The summed E-state index contributed by atoms with van der Waals surface area (Å²) >= 11 is 0. The van der Waals surface area contributed by atoms with Crippen LogP contribution < -0.4 is 15.4 Å². The molecule has 0 saturated carbocycles. The van der Waals surface area contributed by atoms with Crippen molar-refractivity contribution < 1.29 is 22.6 Å². The monoisotopic (exact) mass is 572 g/mol. The molecule has 2 rings (SSSR count). The predicted molar refractivity (Wildman–Crippen MR) is 132 cm³/mol. The Labute approximate surface area is 206 Å². The van der Waals surface area contributed by atoms with Crippen LogP contribution in [0.1, 0.15) is 31.4 Å². The fourth-order valence-corrected chi connectivity index (χ4v) is 3.51. The Morgan fingerprint density at radius 3 is 2.69 bits per heavy atom. The third kappa shape index (κ3) is 11.0. The number of rotatable bonds is 11. The van der Waals surface area contributed by atoms with E-state index in [0.717, 1.165) is 23.3 Å². The number of likely N-dealkylation sites (tertiary alicyclic amines) is 1. The summed E-state index contributed by atoms with van der Waals surface area (Å²) < 4.78 is 48.9.